The Morgan fingerprint density at radius 3 is 1.34 bits per heavy atom. The van der Waals surface area contributed by atoms with Crippen LogP contribution in [0.1, 0.15) is 118 Å². The molecule has 28 nitrogen and oxygen atoms in total. The SMILES string of the molecule is CCCCCCCCCCCCCCCC(=O)N[C@H]1[C@H](O[C@H]2[C@H](O)[C@@H](NC(C)=O)[C@H](O[C@H]3[C@H](O)[C@@H](NC(C)=O)[C@H](O[C@H]4[C@H](O)[C@@H](N=C(C)[O-])C(O)O[C@@H]4COS(=O)(=O)O)O[C@@H]3CO)O[C@@H]2CO)O[C@H](CO)[C@@H](O)[C@@H]1O.[Na+]. The fraction of sp³-hybridized carbons (Fsp3) is 0.913. The molecule has 0 aromatic rings. The van der Waals surface area contributed by atoms with Crippen LogP contribution in [0.15, 0.2) is 4.99 Å². The van der Waals surface area contributed by atoms with Crippen LogP contribution in [-0.2, 0) is 62.1 Å². The van der Waals surface area contributed by atoms with Crippen LogP contribution in [0.5, 0.6) is 0 Å². The smallest absolute Gasteiger partial charge is 0.862 e. The number of aliphatic hydroxyl groups excluding tert-OH is 9. The van der Waals surface area contributed by atoms with E-state index in [2.05, 4.69) is 32.0 Å². The number of hydrogen-bond donors (Lipinski definition) is 13. The third kappa shape index (κ3) is 20.6. The van der Waals surface area contributed by atoms with E-state index in [1.54, 1.807) is 0 Å². The van der Waals surface area contributed by atoms with Crippen LogP contribution < -0.4 is 50.6 Å². The number of rotatable bonds is 30. The minimum atomic E-state index is -5.16. The molecule has 436 valence electrons. The normalized spacial score (nSPS) is 36.2. The molecule has 0 spiro atoms. The molecule has 4 heterocycles. The van der Waals surface area contributed by atoms with E-state index in [1.807, 2.05) is 0 Å². The summed E-state index contributed by atoms with van der Waals surface area (Å²) in [4.78, 5) is 42.1. The molecular weight excluding hydrogens is 1050 g/mol. The van der Waals surface area contributed by atoms with Gasteiger partial charge in [0.15, 0.2) is 25.2 Å². The van der Waals surface area contributed by atoms with Crippen LogP contribution in [-0.4, -0.2) is 232 Å². The van der Waals surface area contributed by atoms with Gasteiger partial charge < -0.3 is 100 Å². The van der Waals surface area contributed by atoms with Crippen LogP contribution in [0.2, 0.25) is 0 Å². The van der Waals surface area contributed by atoms with E-state index in [-0.39, 0.29) is 36.0 Å². The summed E-state index contributed by atoms with van der Waals surface area (Å²) in [6.45, 7) is 1.34. The van der Waals surface area contributed by atoms with Crippen molar-refractivity contribution in [3.05, 3.63) is 0 Å². The molecule has 4 aliphatic rings. The molecule has 4 fully saturated rings. The van der Waals surface area contributed by atoms with Gasteiger partial charge in [0.2, 0.25) is 17.7 Å². The molecule has 0 radical (unpaired) electrons. The number of amides is 3. The van der Waals surface area contributed by atoms with E-state index in [1.165, 1.54) is 44.9 Å². The maximum Gasteiger partial charge on any atom is 1.00 e. The second kappa shape index (κ2) is 33.8. The van der Waals surface area contributed by atoms with Gasteiger partial charge in [0.05, 0.1) is 26.4 Å². The van der Waals surface area contributed by atoms with Gasteiger partial charge in [0.1, 0.15) is 97.4 Å². The van der Waals surface area contributed by atoms with Crippen molar-refractivity contribution in [2.45, 2.75) is 240 Å². The van der Waals surface area contributed by atoms with E-state index in [9.17, 15) is 78.4 Å². The van der Waals surface area contributed by atoms with Crippen molar-refractivity contribution in [1.82, 2.24) is 16.0 Å². The molecule has 76 heavy (non-hydrogen) atoms. The maximum atomic E-state index is 13.3. The largest absolute Gasteiger partial charge is 1.00 e. The monoisotopic (exact) mass is 1130 g/mol. The Hall–Kier alpha value is -1.89. The first-order valence-corrected chi connectivity index (χ1v) is 27.1. The molecule has 0 aromatic carbocycles. The van der Waals surface area contributed by atoms with Crippen molar-refractivity contribution >= 4 is 34.0 Å². The zero-order chi connectivity index (χ0) is 55.6. The Morgan fingerprint density at radius 1 is 0.553 bits per heavy atom. The standard InChI is InChI=1S/C46H82N4O24S.Na/c1-5-6-7-8-9-10-11-12-13-14-15-16-17-18-30(57)50-32-36(59)35(58)26(19-51)69-44(32)72-40-27(20-52)70-45(33(38(40)61)48-24(3)55)73-41-28(21-53)71-46(34(39(41)62)49-25(4)56)74-42-29(22-67-75(64,65)66)68-43(63)31(37(42)60)47-23(2)54;/h26-29,31-46,51-53,58-63H,5-22H2,1-4H3,(H,47,54)(H,48,55)(H,49,56)(H,50,57)(H,64,65,66);/q;+1/p-1/t26-,27-,28-,29-,31-,32-,33-,34-,35-,36-,37-,38-,39-,40-,41-,42-,43?,44+,45+,46+;/m1./s1. The molecule has 0 aromatic heterocycles. The second-order valence-electron chi connectivity index (χ2n) is 19.4. The average molecular weight is 1130 g/mol. The predicted molar refractivity (Wildman–Crippen MR) is 255 cm³/mol. The van der Waals surface area contributed by atoms with Gasteiger partial charge in [0, 0.05) is 20.3 Å². The Kier molecular flexibility index (Phi) is 30.4. The third-order valence-corrected chi connectivity index (χ3v) is 13.8. The van der Waals surface area contributed by atoms with Gasteiger partial charge >= 0.3 is 40.0 Å². The molecule has 0 saturated carbocycles. The minimum Gasteiger partial charge on any atom is -0.862 e. The quantitative estimate of drug-likeness (QED) is 0.0104. The number of unbranched alkanes of at least 4 members (excludes halogenated alkanes) is 12. The van der Waals surface area contributed by atoms with Crippen LogP contribution in [0, 0.1) is 0 Å². The summed E-state index contributed by atoms with van der Waals surface area (Å²) in [7, 11) is -5.16. The maximum absolute atomic E-state index is 13.3. The van der Waals surface area contributed by atoms with Crippen LogP contribution in [0.4, 0.5) is 0 Å². The average Bonchev–Trinajstić information content (AvgIpc) is 3.34. The number of aliphatic hydroxyl groups is 9. The van der Waals surface area contributed by atoms with Gasteiger partial charge in [-0.3, -0.25) is 23.9 Å². The molecule has 0 bridgehead atoms. The predicted octanol–water partition coefficient (Wildman–Crippen LogP) is -7.24. The van der Waals surface area contributed by atoms with Gasteiger partial charge in [-0.15, -0.1) is 0 Å². The van der Waals surface area contributed by atoms with Crippen molar-refractivity contribution in [2.24, 2.45) is 4.99 Å². The molecular formula is C46H81N4NaO24S. The van der Waals surface area contributed by atoms with E-state index in [0.717, 1.165) is 52.9 Å². The fourth-order valence-corrected chi connectivity index (χ4v) is 9.89. The Morgan fingerprint density at radius 2 is 0.947 bits per heavy atom. The minimum absolute atomic E-state index is 0. The number of carbonyl (C=O) groups excluding carboxylic acids is 3. The fourth-order valence-electron chi connectivity index (χ4n) is 9.58. The van der Waals surface area contributed by atoms with Crippen molar-refractivity contribution in [3.8, 4) is 0 Å². The van der Waals surface area contributed by atoms with Gasteiger partial charge in [-0.05, 0) is 19.2 Å². The van der Waals surface area contributed by atoms with E-state index >= 15 is 0 Å². The Balaban J connectivity index is 0.0000152. The Labute approximate surface area is 464 Å². The summed E-state index contributed by atoms with van der Waals surface area (Å²) in [5.74, 6) is -3.03. The van der Waals surface area contributed by atoms with Crippen LogP contribution >= 0.6 is 0 Å². The molecule has 4 saturated heterocycles. The van der Waals surface area contributed by atoms with Crippen molar-refractivity contribution in [2.75, 3.05) is 26.4 Å². The molecule has 30 heteroatoms. The first kappa shape index (κ1) is 68.4. The van der Waals surface area contributed by atoms with Crippen molar-refractivity contribution in [3.63, 3.8) is 0 Å². The van der Waals surface area contributed by atoms with Crippen molar-refractivity contribution in [1.29, 1.82) is 0 Å². The number of carbonyl (C=O) groups is 3. The van der Waals surface area contributed by atoms with Gasteiger partial charge in [-0.2, -0.15) is 8.42 Å². The van der Waals surface area contributed by atoms with E-state index in [0.29, 0.717) is 6.42 Å². The van der Waals surface area contributed by atoms with Crippen LogP contribution in [0.3, 0.4) is 0 Å². The zero-order valence-corrected chi connectivity index (χ0v) is 46.6. The molecule has 1 unspecified atom stereocenters. The van der Waals surface area contributed by atoms with Crippen LogP contribution in [0.25, 0.3) is 0 Å². The topological polar surface area (TPSA) is 433 Å². The zero-order valence-electron chi connectivity index (χ0n) is 43.8. The summed E-state index contributed by atoms with van der Waals surface area (Å²) in [5, 5.41) is 118. The molecule has 0 aliphatic carbocycles. The number of nitrogens with zero attached hydrogens (tertiary/aromatic N) is 1. The molecule has 13 N–H and O–H groups in total. The van der Waals surface area contributed by atoms with Gasteiger partial charge in [0.25, 0.3) is 0 Å². The Bertz CT molecular complexity index is 1880. The summed E-state index contributed by atoms with van der Waals surface area (Å²) in [6.07, 6.45) is -14.9. The number of ether oxygens (including phenoxy) is 7. The summed E-state index contributed by atoms with van der Waals surface area (Å²) < 4.78 is 77.8. The second-order valence-corrected chi connectivity index (χ2v) is 20.5. The first-order chi connectivity index (χ1) is 35.5. The molecule has 4 aliphatic heterocycles. The van der Waals surface area contributed by atoms with E-state index < -0.39 is 183 Å². The van der Waals surface area contributed by atoms with Gasteiger partial charge in [-0.1, -0.05) is 84.0 Å². The summed E-state index contributed by atoms with van der Waals surface area (Å²) >= 11 is 0. The summed E-state index contributed by atoms with van der Waals surface area (Å²) in [6, 6.07) is -6.71. The third-order valence-electron chi connectivity index (χ3n) is 13.4. The number of nitrogens with one attached hydrogen (secondary N) is 3. The van der Waals surface area contributed by atoms with E-state index in [4.69, 9.17) is 33.2 Å². The molecule has 20 atom stereocenters. The number of hydrogen-bond acceptors (Lipinski definition) is 24. The number of aliphatic imine (C=N–C) groups is 1. The molecule has 4 rings (SSSR count). The molecule has 3 amide bonds. The summed E-state index contributed by atoms with van der Waals surface area (Å²) in [5.41, 5.74) is 0. The first-order valence-electron chi connectivity index (χ1n) is 25.7. The van der Waals surface area contributed by atoms with Crippen molar-refractivity contribution < 1.29 is 145 Å². The van der Waals surface area contributed by atoms with Gasteiger partial charge in [-0.25, -0.2) is 4.18 Å².